The summed E-state index contributed by atoms with van der Waals surface area (Å²) < 4.78 is 0.805. The maximum Gasteiger partial charge on any atom is 0.227 e. The van der Waals surface area contributed by atoms with Gasteiger partial charge in [-0.25, -0.2) is 0 Å². The van der Waals surface area contributed by atoms with Gasteiger partial charge in [-0.1, -0.05) is 35.9 Å². The highest BCUT2D eigenvalue weighted by Crippen LogP contribution is 2.29. The highest BCUT2D eigenvalue weighted by molar-refractivity contribution is 9.10. The van der Waals surface area contributed by atoms with E-state index in [1.807, 2.05) is 12.1 Å². The van der Waals surface area contributed by atoms with Crippen LogP contribution in [0.2, 0.25) is 5.02 Å². The molecule has 1 atom stereocenters. The van der Waals surface area contributed by atoms with Crippen molar-refractivity contribution in [2.75, 3.05) is 5.32 Å². The Morgan fingerprint density at radius 2 is 1.95 bits per heavy atom. The predicted molar refractivity (Wildman–Crippen MR) is 89.7 cm³/mol. The summed E-state index contributed by atoms with van der Waals surface area (Å²) in [6.07, 6.45) is 2.68. The lowest BCUT2D eigenvalue weighted by Gasteiger charge is -2.24. The summed E-state index contributed by atoms with van der Waals surface area (Å²) in [7, 11) is 0. The molecule has 0 saturated heterocycles. The molecule has 0 bridgehead atoms. The molecule has 0 spiro atoms. The van der Waals surface area contributed by atoms with Gasteiger partial charge in [-0.15, -0.1) is 0 Å². The Bertz CT molecular complexity index is 686. The van der Waals surface area contributed by atoms with Crippen molar-refractivity contribution in [3.8, 4) is 0 Å². The van der Waals surface area contributed by atoms with E-state index in [4.69, 9.17) is 11.6 Å². The van der Waals surface area contributed by atoms with Gasteiger partial charge in [0.05, 0.1) is 5.69 Å². The zero-order chi connectivity index (χ0) is 14.8. The number of anilines is 1. The molecule has 0 heterocycles. The number of amides is 1. The van der Waals surface area contributed by atoms with Crippen molar-refractivity contribution >= 4 is 39.1 Å². The van der Waals surface area contributed by atoms with Crippen LogP contribution in [0.3, 0.4) is 0 Å². The molecule has 2 aromatic carbocycles. The van der Waals surface area contributed by atoms with Gasteiger partial charge in [0.25, 0.3) is 0 Å². The first kappa shape index (κ1) is 14.6. The van der Waals surface area contributed by atoms with Crippen LogP contribution in [0.5, 0.6) is 0 Å². The van der Waals surface area contributed by atoms with Crippen molar-refractivity contribution in [3.05, 3.63) is 63.1 Å². The summed E-state index contributed by atoms with van der Waals surface area (Å²) in [4.78, 5) is 12.4. The molecule has 1 amide bonds. The van der Waals surface area contributed by atoms with Gasteiger partial charge in [0.1, 0.15) is 0 Å². The summed E-state index contributed by atoms with van der Waals surface area (Å²) in [5.74, 6) is 0.106. The number of fused-ring (bicyclic) bond motifs is 1. The predicted octanol–water partition coefficient (Wildman–Crippen LogP) is 4.85. The van der Waals surface area contributed by atoms with E-state index in [1.54, 1.807) is 12.1 Å². The molecule has 0 aromatic heterocycles. The molecule has 108 valence electrons. The Morgan fingerprint density at radius 3 is 2.71 bits per heavy atom. The second-order valence-corrected chi connectivity index (χ2v) is 6.61. The second kappa shape index (κ2) is 6.20. The molecule has 2 aromatic rings. The maximum atomic E-state index is 12.4. The Labute approximate surface area is 137 Å². The van der Waals surface area contributed by atoms with Crippen LogP contribution in [0, 0.1) is 5.92 Å². The van der Waals surface area contributed by atoms with Gasteiger partial charge in [-0.3, -0.25) is 4.79 Å². The molecule has 1 aliphatic rings. The van der Waals surface area contributed by atoms with Crippen LogP contribution in [0.15, 0.2) is 46.9 Å². The molecule has 0 aliphatic heterocycles. The summed E-state index contributed by atoms with van der Waals surface area (Å²) >= 11 is 9.34. The third-order valence-corrected chi connectivity index (χ3v) is 4.80. The average molecular weight is 365 g/mol. The molecular formula is C17H15BrClNO. The Hall–Kier alpha value is -1.32. The van der Waals surface area contributed by atoms with Crippen LogP contribution >= 0.6 is 27.5 Å². The number of benzene rings is 2. The number of carbonyl (C=O) groups excluding carboxylic acids is 1. The van der Waals surface area contributed by atoms with Crippen LogP contribution in [0.25, 0.3) is 0 Å². The molecule has 0 saturated carbocycles. The van der Waals surface area contributed by atoms with E-state index in [-0.39, 0.29) is 11.8 Å². The number of hydrogen-bond donors (Lipinski definition) is 1. The minimum atomic E-state index is 0.0301. The van der Waals surface area contributed by atoms with Crippen molar-refractivity contribution in [2.45, 2.75) is 19.3 Å². The first-order valence-electron chi connectivity index (χ1n) is 6.96. The Morgan fingerprint density at radius 1 is 1.19 bits per heavy atom. The van der Waals surface area contributed by atoms with Crippen molar-refractivity contribution in [2.24, 2.45) is 5.92 Å². The van der Waals surface area contributed by atoms with E-state index >= 15 is 0 Å². The van der Waals surface area contributed by atoms with Crippen molar-refractivity contribution in [1.29, 1.82) is 0 Å². The second-order valence-electron chi connectivity index (χ2n) is 5.32. The van der Waals surface area contributed by atoms with E-state index in [0.717, 1.165) is 29.4 Å². The topological polar surface area (TPSA) is 29.1 Å². The quantitative estimate of drug-likeness (QED) is 0.811. The molecular weight excluding hydrogens is 350 g/mol. The number of aryl methyl sites for hydroxylation is 1. The highest BCUT2D eigenvalue weighted by atomic mass is 79.9. The van der Waals surface area contributed by atoms with Gasteiger partial charge in [0.2, 0.25) is 5.91 Å². The van der Waals surface area contributed by atoms with Gasteiger partial charge in [0, 0.05) is 15.4 Å². The van der Waals surface area contributed by atoms with E-state index in [2.05, 4.69) is 39.4 Å². The zero-order valence-corrected chi connectivity index (χ0v) is 13.7. The fraction of sp³-hybridized carbons (Fsp3) is 0.235. The molecule has 3 rings (SSSR count). The molecule has 21 heavy (non-hydrogen) atoms. The number of carbonyl (C=O) groups is 1. The van der Waals surface area contributed by atoms with Crippen LogP contribution in [0.4, 0.5) is 5.69 Å². The normalized spacial score (nSPS) is 17.1. The zero-order valence-electron chi connectivity index (χ0n) is 11.4. The van der Waals surface area contributed by atoms with Crippen molar-refractivity contribution in [3.63, 3.8) is 0 Å². The van der Waals surface area contributed by atoms with Gasteiger partial charge in [-0.2, -0.15) is 0 Å². The molecule has 1 unspecified atom stereocenters. The van der Waals surface area contributed by atoms with Crippen LogP contribution in [0.1, 0.15) is 17.5 Å². The molecule has 0 fully saturated rings. The fourth-order valence-electron chi connectivity index (χ4n) is 2.75. The van der Waals surface area contributed by atoms with E-state index in [9.17, 15) is 4.79 Å². The average Bonchev–Trinajstić information content (AvgIpc) is 2.49. The first-order chi connectivity index (χ1) is 10.1. The summed E-state index contributed by atoms with van der Waals surface area (Å²) in [6, 6.07) is 13.7. The number of hydrogen-bond acceptors (Lipinski definition) is 1. The van der Waals surface area contributed by atoms with Crippen LogP contribution in [-0.4, -0.2) is 5.91 Å². The van der Waals surface area contributed by atoms with Gasteiger partial charge < -0.3 is 5.32 Å². The lowest BCUT2D eigenvalue weighted by molar-refractivity contribution is -0.120. The minimum absolute atomic E-state index is 0.0301. The van der Waals surface area contributed by atoms with E-state index in [0.29, 0.717) is 5.02 Å². The Kier molecular flexibility index (Phi) is 4.32. The van der Waals surface area contributed by atoms with Crippen LogP contribution in [-0.2, 0) is 17.6 Å². The summed E-state index contributed by atoms with van der Waals surface area (Å²) in [6.45, 7) is 0. The molecule has 4 heteroatoms. The fourth-order valence-corrected chi connectivity index (χ4v) is 3.53. The largest absolute Gasteiger partial charge is 0.325 e. The van der Waals surface area contributed by atoms with E-state index in [1.165, 1.54) is 11.1 Å². The lowest BCUT2D eigenvalue weighted by Crippen LogP contribution is -2.28. The third kappa shape index (κ3) is 3.30. The molecule has 1 N–H and O–H groups in total. The first-order valence-corrected chi connectivity index (χ1v) is 8.13. The van der Waals surface area contributed by atoms with Crippen molar-refractivity contribution in [1.82, 2.24) is 0 Å². The number of rotatable bonds is 2. The Balaban J connectivity index is 1.72. The molecule has 0 radical (unpaired) electrons. The van der Waals surface area contributed by atoms with E-state index < -0.39 is 0 Å². The summed E-state index contributed by atoms with van der Waals surface area (Å²) in [5.41, 5.74) is 3.43. The monoisotopic (exact) mass is 363 g/mol. The van der Waals surface area contributed by atoms with Crippen LogP contribution < -0.4 is 5.32 Å². The number of halogens is 2. The van der Waals surface area contributed by atoms with Gasteiger partial charge in [0.15, 0.2) is 0 Å². The summed E-state index contributed by atoms with van der Waals surface area (Å²) in [5, 5.41) is 3.64. The highest BCUT2D eigenvalue weighted by Gasteiger charge is 2.24. The minimum Gasteiger partial charge on any atom is -0.325 e. The molecule has 1 aliphatic carbocycles. The van der Waals surface area contributed by atoms with Gasteiger partial charge >= 0.3 is 0 Å². The van der Waals surface area contributed by atoms with Gasteiger partial charge in [-0.05, 0) is 64.5 Å². The van der Waals surface area contributed by atoms with Crippen molar-refractivity contribution < 1.29 is 4.79 Å². The lowest BCUT2D eigenvalue weighted by atomic mass is 9.83. The smallest absolute Gasteiger partial charge is 0.227 e. The standard InChI is InChI=1S/C17H15BrClNO/c18-15-10-14(19)7-8-16(15)20-17(21)13-6-5-11-3-1-2-4-12(11)9-13/h1-4,7-8,10,13H,5-6,9H2,(H,20,21). The number of nitrogens with one attached hydrogen (secondary N) is 1. The SMILES string of the molecule is O=C(Nc1ccc(Cl)cc1Br)C1CCc2ccccc2C1. The maximum absolute atomic E-state index is 12.4. The third-order valence-electron chi connectivity index (χ3n) is 3.91. The molecule has 2 nitrogen and oxygen atoms in total.